The first-order valence-electron chi connectivity index (χ1n) is 10.7. The largest absolute Gasteiger partial charge is 0.494 e. The second-order valence-corrected chi connectivity index (χ2v) is 9.42. The van der Waals surface area contributed by atoms with E-state index in [-0.39, 0.29) is 18.1 Å². The quantitative estimate of drug-likeness (QED) is 0.308. The molecule has 1 amide bonds. The fourth-order valence-corrected chi connectivity index (χ4v) is 4.92. The molecule has 0 spiro atoms. The van der Waals surface area contributed by atoms with E-state index in [0.29, 0.717) is 29.0 Å². The van der Waals surface area contributed by atoms with Gasteiger partial charge in [-0.25, -0.2) is 9.37 Å². The van der Waals surface area contributed by atoms with Gasteiger partial charge in [0.1, 0.15) is 16.6 Å². The Kier molecular flexibility index (Phi) is 7.59. The fourth-order valence-electron chi connectivity index (χ4n) is 3.19. The second-order valence-electron chi connectivity index (χ2n) is 7.54. The highest BCUT2D eigenvalue weighted by molar-refractivity contribution is 7.98. The maximum Gasteiger partial charge on any atom is 0.228 e. The van der Waals surface area contributed by atoms with Crippen molar-refractivity contribution in [2.24, 2.45) is 0 Å². The lowest BCUT2D eigenvalue weighted by atomic mass is 10.2. The van der Waals surface area contributed by atoms with Crippen molar-refractivity contribution in [3.05, 3.63) is 70.4 Å². The second kappa shape index (κ2) is 10.8. The summed E-state index contributed by atoms with van der Waals surface area (Å²) >= 11 is 2.87. The lowest BCUT2D eigenvalue weighted by Gasteiger charge is -2.11. The number of carbonyl (C=O) groups excluding carboxylic acids is 1. The van der Waals surface area contributed by atoms with E-state index in [0.717, 1.165) is 22.0 Å². The number of hydrogen-bond acceptors (Lipinski definition) is 7. The number of carbonyl (C=O) groups is 1. The Morgan fingerprint density at radius 3 is 2.62 bits per heavy atom. The minimum atomic E-state index is -0.366. The molecule has 0 aliphatic carbocycles. The van der Waals surface area contributed by atoms with Crippen LogP contribution >= 0.6 is 23.1 Å². The molecule has 2 aromatic heterocycles. The molecule has 4 rings (SSSR count). The third-order valence-corrected chi connectivity index (χ3v) is 6.76. The van der Waals surface area contributed by atoms with Gasteiger partial charge in [0.05, 0.1) is 24.4 Å². The summed E-state index contributed by atoms with van der Waals surface area (Å²) in [4.78, 5) is 18.1. The molecule has 2 aromatic carbocycles. The van der Waals surface area contributed by atoms with Gasteiger partial charge >= 0.3 is 0 Å². The van der Waals surface area contributed by atoms with E-state index in [4.69, 9.17) is 4.74 Å². The van der Waals surface area contributed by atoms with Crippen LogP contribution in [0.4, 0.5) is 4.39 Å². The van der Waals surface area contributed by atoms with E-state index in [1.807, 2.05) is 36.6 Å². The lowest BCUT2D eigenvalue weighted by molar-refractivity contribution is -0.127. The van der Waals surface area contributed by atoms with Crippen LogP contribution in [-0.4, -0.2) is 51.3 Å². The Morgan fingerprint density at radius 2 is 1.91 bits per heavy atom. The van der Waals surface area contributed by atoms with Crippen LogP contribution in [0.15, 0.2) is 59.1 Å². The van der Waals surface area contributed by atoms with Crippen molar-refractivity contribution < 1.29 is 13.9 Å². The van der Waals surface area contributed by atoms with Crippen molar-refractivity contribution in [1.82, 2.24) is 24.6 Å². The summed E-state index contributed by atoms with van der Waals surface area (Å²) in [6.45, 7) is 2.50. The number of benzene rings is 2. The number of nitrogens with zero attached hydrogens (tertiary/aromatic N) is 5. The van der Waals surface area contributed by atoms with E-state index >= 15 is 0 Å². The Balaban J connectivity index is 1.61. The minimum Gasteiger partial charge on any atom is -0.494 e. The number of rotatable bonds is 9. The third kappa shape index (κ3) is 5.45. The monoisotopic (exact) mass is 497 g/mol. The van der Waals surface area contributed by atoms with Gasteiger partial charge in [-0.1, -0.05) is 23.9 Å². The summed E-state index contributed by atoms with van der Waals surface area (Å²) in [7, 11) is 3.45. The summed E-state index contributed by atoms with van der Waals surface area (Å²) in [6.07, 6.45) is 0.273. The summed E-state index contributed by atoms with van der Waals surface area (Å²) < 4.78 is 22.0. The third-order valence-electron chi connectivity index (χ3n) is 4.90. The van der Waals surface area contributed by atoms with Crippen LogP contribution < -0.4 is 4.74 Å². The van der Waals surface area contributed by atoms with Crippen molar-refractivity contribution >= 4 is 29.0 Å². The van der Waals surface area contributed by atoms with Crippen molar-refractivity contribution in [2.45, 2.75) is 24.3 Å². The maximum absolute atomic E-state index is 14.8. The molecule has 34 heavy (non-hydrogen) atoms. The van der Waals surface area contributed by atoms with Crippen LogP contribution in [0.3, 0.4) is 0 Å². The van der Waals surface area contributed by atoms with Crippen LogP contribution in [0.1, 0.15) is 17.6 Å². The zero-order chi connectivity index (χ0) is 24.1. The molecule has 7 nitrogen and oxygen atoms in total. The van der Waals surface area contributed by atoms with Gasteiger partial charge in [0.25, 0.3) is 0 Å². The Morgan fingerprint density at radius 1 is 1.15 bits per heavy atom. The van der Waals surface area contributed by atoms with Gasteiger partial charge in [0.2, 0.25) is 5.91 Å². The zero-order valence-corrected chi connectivity index (χ0v) is 20.7. The highest BCUT2D eigenvalue weighted by atomic mass is 32.2. The predicted molar refractivity (Wildman–Crippen MR) is 132 cm³/mol. The molecule has 0 N–H and O–H groups in total. The summed E-state index contributed by atoms with van der Waals surface area (Å²) in [5.41, 5.74) is 2.00. The zero-order valence-electron chi connectivity index (χ0n) is 19.1. The molecule has 0 aliphatic heterocycles. The summed E-state index contributed by atoms with van der Waals surface area (Å²) in [5.74, 6) is 1.45. The van der Waals surface area contributed by atoms with E-state index in [2.05, 4.69) is 15.2 Å². The van der Waals surface area contributed by atoms with Crippen molar-refractivity contribution in [2.75, 3.05) is 20.7 Å². The number of thioether (sulfide) groups is 1. The summed E-state index contributed by atoms with van der Waals surface area (Å²) in [5, 5.41) is 12.0. The number of aromatic nitrogens is 4. The average molecular weight is 498 g/mol. The number of halogens is 1. The van der Waals surface area contributed by atoms with Gasteiger partial charge < -0.3 is 9.64 Å². The maximum atomic E-state index is 14.8. The Bertz CT molecular complexity index is 1270. The van der Waals surface area contributed by atoms with Gasteiger partial charge in [-0.3, -0.25) is 9.36 Å². The molecule has 0 radical (unpaired) electrons. The van der Waals surface area contributed by atoms with Gasteiger partial charge in [-0.2, -0.15) is 0 Å². The summed E-state index contributed by atoms with van der Waals surface area (Å²) in [6, 6.07) is 14.0. The van der Waals surface area contributed by atoms with Gasteiger partial charge in [-0.15, -0.1) is 21.5 Å². The Hall–Kier alpha value is -3.24. The number of thiazole rings is 1. The SMILES string of the molecule is CCOc1ccc(-c2nnc(SCc3csc(CC(=O)N(C)C)n3)n2-c2ccccc2F)cc1. The van der Waals surface area contributed by atoms with Crippen LogP contribution in [0.5, 0.6) is 5.75 Å². The van der Waals surface area contributed by atoms with Crippen LogP contribution in [0.25, 0.3) is 17.1 Å². The topological polar surface area (TPSA) is 73.1 Å². The van der Waals surface area contributed by atoms with Crippen LogP contribution in [0.2, 0.25) is 0 Å². The number of amides is 1. The molecule has 0 bridgehead atoms. The lowest BCUT2D eigenvalue weighted by Crippen LogP contribution is -2.23. The molecule has 0 saturated heterocycles. The molecule has 176 valence electrons. The molecular weight excluding hydrogens is 473 g/mol. The standard InChI is InChI=1S/C24H24FN5O2S2/c1-4-32-18-11-9-16(10-12-18)23-27-28-24(30(23)20-8-6-5-7-19(20)25)34-15-17-14-33-21(26-17)13-22(31)29(2)3/h5-12,14H,4,13,15H2,1-3H3. The minimum absolute atomic E-state index is 0.00726. The molecule has 0 fully saturated rings. The fraction of sp³-hybridized carbons (Fsp3) is 0.250. The van der Waals surface area contributed by atoms with Crippen molar-refractivity contribution in [3.63, 3.8) is 0 Å². The molecule has 2 heterocycles. The van der Waals surface area contributed by atoms with E-state index in [9.17, 15) is 9.18 Å². The normalized spacial score (nSPS) is 10.9. The molecule has 4 aromatic rings. The number of likely N-dealkylation sites (N-methyl/N-ethyl adjacent to an activating group) is 1. The van der Waals surface area contributed by atoms with E-state index in [1.54, 1.807) is 41.8 Å². The molecule has 0 aliphatic rings. The van der Waals surface area contributed by atoms with E-state index in [1.165, 1.54) is 29.2 Å². The first-order chi connectivity index (χ1) is 16.5. The van der Waals surface area contributed by atoms with Crippen LogP contribution in [-0.2, 0) is 17.0 Å². The highest BCUT2D eigenvalue weighted by Crippen LogP contribution is 2.31. The van der Waals surface area contributed by atoms with E-state index < -0.39 is 0 Å². The first-order valence-corrected chi connectivity index (χ1v) is 12.5. The average Bonchev–Trinajstić information content (AvgIpc) is 3.45. The van der Waals surface area contributed by atoms with Gasteiger partial charge in [0, 0.05) is 30.8 Å². The van der Waals surface area contributed by atoms with Crippen molar-refractivity contribution in [1.29, 1.82) is 0 Å². The van der Waals surface area contributed by atoms with Crippen LogP contribution in [0, 0.1) is 5.82 Å². The smallest absolute Gasteiger partial charge is 0.228 e. The van der Waals surface area contributed by atoms with Gasteiger partial charge in [-0.05, 0) is 43.3 Å². The molecular formula is C24H24FN5O2S2. The molecule has 10 heteroatoms. The van der Waals surface area contributed by atoms with Crippen molar-refractivity contribution in [3.8, 4) is 22.8 Å². The number of hydrogen-bond donors (Lipinski definition) is 0. The first kappa shape index (κ1) is 23.9. The molecule has 0 atom stereocenters. The molecule has 0 saturated carbocycles. The molecule has 0 unspecified atom stereocenters. The predicted octanol–water partition coefficient (Wildman–Crippen LogP) is 4.85. The number of ether oxygens (including phenoxy) is 1. The highest BCUT2D eigenvalue weighted by Gasteiger charge is 2.19. The Labute approximate surface area is 205 Å². The number of para-hydroxylation sites is 1. The van der Waals surface area contributed by atoms with Gasteiger partial charge in [0.15, 0.2) is 11.0 Å².